The van der Waals surface area contributed by atoms with Crippen LogP contribution in [0.5, 0.6) is 0 Å². The molecule has 0 N–H and O–H groups in total. The van der Waals surface area contributed by atoms with E-state index in [1.807, 2.05) is 0 Å². The lowest BCUT2D eigenvalue weighted by Crippen LogP contribution is -1.93. The monoisotopic (exact) mass is 156 g/mol. The number of nitriles is 4. The van der Waals surface area contributed by atoms with E-state index in [-0.39, 0.29) is 12.0 Å². The summed E-state index contributed by atoms with van der Waals surface area (Å²) >= 11 is 0. The lowest BCUT2D eigenvalue weighted by molar-refractivity contribution is 0.840. The second kappa shape index (κ2) is 5.48. The van der Waals surface area contributed by atoms with Crippen LogP contribution in [0.1, 0.15) is 6.42 Å². The van der Waals surface area contributed by atoms with Gasteiger partial charge in [-0.1, -0.05) is 0 Å². The van der Waals surface area contributed by atoms with Crippen molar-refractivity contribution in [3.05, 3.63) is 11.6 Å². The predicted octanol–water partition coefficient (Wildman–Crippen LogP) is 1.01. The molecule has 0 aromatic carbocycles. The second-order valence-electron chi connectivity index (χ2n) is 1.93. The summed E-state index contributed by atoms with van der Waals surface area (Å²) in [5, 5.41) is 33.3. The molecule has 56 valence electrons. The quantitative estimate of drug-likeness (QED) is 0.557. The van der Waals surface area contributed by atoms with Crippen molar-refractivity contribution in [2.45, 2.75) is 6.42 Å². The summed E-state index contributed by atoms with van der Waals surface area (Å²) in [6, 6.07) is 6.83. The van der Waals surface area contributed by atoms with Crippen molar-refractivity contribution in [1.82, 2.24) is 0 Å². The molecule has 0 radical (unpaired) electrons. The third-order valence-electron chi connectivity index (χ3n) is 1.12. The Morgan fingerprint density at radius 1 is 1.17 bits per heavy atom. The fourth-order valence-electron chi connectivity index (χ4n) is 0.555. The highest BCUT2D eigenvalue weighted by atomic mass is 14.3. The van der Waals surface area contributed by atoms with Gasteiger partial charge in [-0.2, -0.15) is 21.0 Å². The van der Waals surface area contributed by atoms with E-state index in [4.69, 9.17) is 21.0 Å². The van der Waals surface area contributed by atoms with Gasteiger partial charge < -0.3 is 0 Å². The minimum absolute atomic E-state index is 0.0249. The molecule has 0 amide bonds. The number of rotatable bonds is 2. The van der Waals surface area contributed by atoms with Crippen LogP contribution in [-0.4, -0.2) is 0 Å². The molecule has 0 atom stereocenters. The van der Waals surface area contributed by atoms with Gasteiger partial charge in [-0.15, -0.1) is 0 Å². The van der Waals surface area contributed by atoms with Crippen molar-refractivity contribution >= 4 is 0 Å². The van der Waals surface area contributed by atoms with Gasteiger partial charge in [0.25, 0.3) is 0 Å². The molecule has 0 saturated carbocycles. The fourth-order valence-corrected chi connectivity index (χ4v) is 0.555. The Balaban J connectivity index is 4.40. The van der Waals surface area contributed by atoms with E-state index in [1.165, 1.54) is 0 Å². The first-order chi connectivity index (χ1) is 5.78. The standard InChI is InChI=1S/C8H4N4/c9-2-1-7(4-10)3-8(5-11)6-12/h1,8H,3H2/b7-1-. The molecule has 0 bridgehead atoms. The number of hydrogen-bond acceptors (Lipinski definition) is 4. The van der Waals surface area contributed by atoms with Gasteiger partial charge in [-0.25, -0.2) is 0 Å². The molecule has 0 unspecified atom stereocenters. The summed E-state index contributed by atoms with van der Waals surface area (Å²) in [5.41, 5.74) is 0.158. The van der Waals surface area contributed by atoms with E-state index in [1.54, 1.807) is 24.3 Å². The summed E-state index contributed by atoms with van der Waals surface area (Å²) < 4.78 is 0. The van der Waals surface area contributed by atoms with Crippen LogP contribution in [-0.2, 0) is 0 Å². The van der Waals surface area contributed by atoms with Crippen molar-refractivity contribution in [2.24, 2.45) is 5.92 Å². The maximum Gasteiger partial charge on any atom is 0.138 e. The van der Waals surface area contributed by atoms with Crippen LogP contribution in [0, 0.1) is 51.2 Å². The summed E-state index contributed by atoms with van der Waals surface area (Å²) in [4.78, 5) is 0. The van der Waals surface area contributed by atoms with Gasteiger partial charge in [0.05, 0.1) is 24.3 Å². The summed E-state index contributed by atoms with van der Waals surface area (Å²) in [5.74, 6) is -0.843. The van der Waals surface area contributed by atoms with Crippen LogP contribution >= 0.6 is 0 Å². The molecule has 0 aromatic rings. The first-order valence-electron chi connectivity index (χ1n) is 3.06. The lowest BCUT2D eigenvalue weighted by Gasteiger charge is -1.93. The molecule has 0 aromatic heterocycles. The van der Waals surface area contributed by atoms with Gasteiger partial charge in [-0.3, -0.25) is 0 Å². The largest absolute Gasteiger partial charge is 0.197 e. The molecule has 0 heterocycles. The Morgan fingerprint density at radius 2 is 1.75 bits per heavy atom. The fraction of sp³-hybridized carbons (Fsp3) is 0.250. The van der Waals surface area contributed by atoms with E-state index in [0.29, 0.717) is 0 Å². The molecule has 0 aliphatic heterocycles. The lowest BCUT2D eigenvalue weighted by atomic mass is 10.0. The number of hydrogen-bond donors (Lipinski definition) is 0. The highest BCUT2D eigenvalue weighted by Gasteiger charge is 2.07. The molecule has 0 spiro atoms. The van der Waals surface area contributed by atoms with Gasteiger partial charge in [-0.05, 0) is 0 Å². The summed E-state index contributed by atoms with van der Waals surface area (Å²) in [6.07, 6.45) is 1.07. The molecule has 0 fully saturated rings. The third kappa shape index (κ3) is 3.02. The van der Waals surface area contributed by atoms with Gasteiger partial charge >= 0.3 is 0 Å². The first kappa shape index (κ1) is 9.70. The number of nitrogens with zero attached hydrogens (tertiary/aromatic N) is 4. The molecule has 0 aliphatic rings. The van der Waals surface area contributed by atoms with Crippen LogP contribution < -0.4 is 0 Å². The SMILES string of the molecule is N#C/C=C(\C#N)CC(C#N)C#N. The van der Waals surface area contributed by atoms with Gasteiger partial charge in [0.15, 0.2) is 0 Å². The second-order valence-corrected chi connectivity index (χ2v) is 1.93. The molecular weight excluding hydrogens is 152 g/mol. The smallest absolute Gasteiger partial charge is 0.138 e. The average molecular weight is 156 g/mol. The first-order valence-corrected chi connectivity index (χ1v) is 3.06. The Morgan fingerprint density at radius 3 is 2.08 bits per heavy atom. The van der Waals surface area contributed by atoms with Crippen molar-refractivity contribution < 1.29 is 0 Å². The predicted molar refractivity (Wildman–Crippen MR) is 38.6 cm³/mol. The Labute approximate surface area is 70.2 Å². The van der Waals surface area contributed by atoms with Crippen LogP contribution in [0.4, 0.5) is 0 Å². The van der Waals surface area contributed by atoms with Gasteiger partial charge in [0.1, 0.15) is 5.92 Å². The van der Waals surface area contributed by atoms with E-state index >= 15 is 0 Å². The van der Waals surface area contributed by atoms with Crippen LogP contribution in [0.15, 0.2) is 11.6 Å². The summed E-state index contributed by atoms with van der Waals surface area (Å²) in [6.45, 7) is 0. The van der Waals surface area contributed by atoms with Gasteiger partial charge in [0, 0.05) is 18.1 Å². The maximum atomic E-state index is 8.41. The zero-order chi connectivity index (χ0) is 9.40. The van der Waals surface area contributed by atoms with E-state index in [0.717, 1.165) is 6.08 Å². The zero-order valence-electron chi connectivity index (χ0n) is 6.15. The van der Waals surface area contributed by atoms with Crippen molar-refractivity contribution in [2.75, 3.05) is 0 Å². The minimum Gasteiger partial charge on any atom is -0.197 e. The van der Waals surface area contributed by atoms with E-state index < -0.39 is 5.92 Å². The van der Waals surface area contributed by atoms with Crippen LogP contribution in [0.3, 0.4) is 0 Å². The van der Waals surface area contributed by atoms with E-state index in [2.05, 4.69) is 0 Å². The zero-order valence-corrected chi connectivity index (χ0v) is 6.15. The van der Waals surface area contributed by atoms with Crippen molar-refractivity contribution in [3.8, 4) is 24.3 Å². The van der Waals surface area contributed by atoms with Crippen LogP contribution in [0.2, 0.25) is 0 Å². The van der Waals surface area contributed by atoms with Crippen molar-refractivity contribution in [1.29, 1.82) is 21.0 Å². The maximum absolute atomic E-state index is 8.41. The topological polar surface area (TPSA) is 95.2 Å². The highest BCUT2D eigenvalue weighted by molar-refractivity contribution is 5.29. The minimum atomic E-state index is -0.843. The normalized spacial score (nSPS) is 9.25. The molecule has 4 nitrogen and oxygen atoms in total. The molecule has 0 aliphatic carbocycles. The molecule has 4 heteroatoms. The average Bonchev–Trinajstić information content (AvgIpc) is 2.12. The molecule has 0 saturated heterocycles. The van der Waals surface area contributed by atoms with Gasteiger partial charge in [0.2, 0.25) is 0 Å². The Bertz CT molecular complexity index is 325. The Hall–Kier alpha value is -2.30. The molecule has 12 heavy (non-hydrogen) atoms. The Kier molecular flexibility index (Phi) is 4.43. The van der Waals surface area contributed by atoms with E-state index in [9.17, 15) is 0 Å². The summed E-state index contributed by atoms with van der Waals surface area (Å²) in [7, 11) is 0. The van der Waals surface area contributed by atoms with Crippen molar-refractivity contribution in [3.63, 3.8) is 0 Å². The third-order valence-corrected chi connectivity index (χ3v) is 1.12. The molecule has 0 rings (SSSR count). The molecular formula is C8H4N4. The van der Waals surface area contributed by atoms with Crippen LogP contribution in [0.25, 0.3) is 0 Å². The number of allylic oxidation sites excluding steroid dienone is 2. The highest BCUT2D eigenvalue weighted by Crippen LogP contribution is 2.08.